The van der Waals surface area contributed by atoms with Gasteiger partial charge in [-0.25, -0.2) is 37.2 Å². The number of alkyl carbamates (subject to hydrolysis) is 4. The number of carbonyl (C=O) groups is 6. The van der Waals surface area contributed by atoms with E-state index < -0.39 is 89.5 Å². The summed E-state index contributed by atoms with van der Waals surface area (Å²) < 4.78 is 82.2. The molecule has 1 aliphatic heterocycles. The van der Waals surface area contributed by atoms with E-state index in [9.17, 15) is 45.6 Å². The first-order valence-corrected chi connectivity index (χ1v) is 30.7. The molecule has 0 aromatic heterocycles. The van der Waals surface area contributed by atoms with E-state index >= 15 is 0 Å². The van der Waals surface area contributed by atoms with Crippen LogP contribution in [0.5, 0.6) is 0 Å². The molecule has 0 saturated carbocycles. The molecule has 40 nitrogen and oxygen atoms in total. The van der Waals surface area contributed by atoms with Crippen molar-refractivity contribution in [2.75, 3.05) is 105 Å². The maximum atomic E-state index is 11.0. The fourth-order valence-electron chi connectivity index (χ4n) is 2.89. The van der Waals surface area contributed by atoms with E-state index in [-0.39, 0.29) is 182 Å². The predicted molar refractivity (Wildman–Crippen MR) is 392 cm³/mol. The average molecular weight is 1520 g/mol. The number of ether oxygens (including phenoxy) is 8. The summed E-state index contributed by atoms with van der Waals surface area (Å²) >= 11 is 0. The van der Waals surface area contributed by atoms with Crippen molar-refractivity contribution in [3.05, 3.63) is 66.0 Å². The van der Waals surface area contributed by atoms with Gasteiger partial charge in [-0.1, -0.05) is 10.2 Å². The van der Waals surface area contributed by atoms with Gasteiger partial charge < -0.3 is 108 Å². The minimum Gasteiger partial charge on any atom is -0.444 e. The zero-order valence-electron chi connectivity index (χ0n) is 62.7. The molecule has 1 rings (SSSR count). The Morgan fingerprint density at radius 2 is 0.703 bits per heavy atom. The van der Waals surface area contributed by atoms with Gasteiger partial charge in [0.25, 0.3) is 10.1 Å². The second-order valence-electron chi connectivity index (χ2n) is 21.4. The summed E-state index contributed by atoms with van der Waals surface area (Å²) in [5.41, 5.74) is 49.1. The van der Waals surface area contributed by atoms with Gasteiger partial charge in [-0.05, 0) is 136 Å². The molecular formula is C48H107B8ClN18Na2O22S2. The van der Waals surface area contributed by atoms with Crippen molar-refractivity contribution < 1.29 is 165 Å². The Labute approximate surface area is 665 Å². The van der Waals surface area contributed by atoms with E-state index in [0.29, 0.717) is 26.2 Å². The molecule has 1 heterocycles. The van der Waals surface area contributed by atoms with Crippen LogP contribution < -0.4 is 91.8 Å². The summed E-state index contributed by atoms with van der Waals surface area (Å²) in [4.78, 5) is 73.6. The summed E-state index contributed by atoms with van der Waals surface area (Å²) in [5, 5.41) is 40.0. The normalized spacial score (nSPS) is 9.45. The molecule has 0 atom stereocenters. The predicted octanol–water partition coefficient (Wildman–Crippen LogP) is -0.429. The smallest absolute Gasteiger partial charge is 0.444 e. The number of hydrogen-bond donors (Lipinski definition) is 9. The number of carbonyl (C=O) groups excluding carboxylic acids is 6. The van der Waals surface area contributed by atoms with Gasteiger partial charge in [-0.2, -0.15) is 8.42 Å². The Kier molecular flexibility index (Phi) is 145. The van der Waals surface area contributed by atoms with Crippen LogP contribution in [-0.4, -0.2) is 274 Å². The van der Waals surface area contributed by atoms with Gasteiger partial charge in [0.15, 0.2) is 0 Å². The number of aliphatic hydroxyl groups excluding tert-OH is 3. The van der Waals surface area contributed by atoms with Crippen LogP contribution in [0, 0.1) is 0 Å². The van der Waals surface area contributed by atoms with Crippen molar-refractivity contribution in [2.45, 2.75) is 158 Å². The zero-order chi connectivity index (χ0) is 74.8. The van der Waals surface area contributed by atoms with Crippen molar-refractivity contribution in [2.24, 2.45) is 21.7 Å². The largest absolute Gasteiger partial charge is 1.00 e. The molecule has 566 valence electrons. The first kappa shape index (κ1) is 154. The summed E-state index contributed by atoms with van der Waals surface area (Å²) in [7, 11) is -2.14. The van der Waals surface area contributed by atoms with Crippen LogP contribution in [0.3, 0.4) is 0 Å². The number of halogens is 1. The van der Waals surface area contributed by atoms with Crippen molar-refractivity contribution >= 4 is 134 Å². The topological polar surface area (TPSA) is 633 Å². The summed E-state index contributed by atoms with van der Waals surface area (Å²) in [6, 6.07) is 0. The molecule has 1 saturated heterocycles. The Hall–Kier alpha value is -4.77. The van der Waals surface area contributed by atoms with E-state index in [1.165, 1.54) is 9.82 Å². The molecule has 1 fully saturated rings. The minimum atomic E-state index is -3.45. The van der Waals surface area contributed by atoms with Crippen LogP contribution >= 0.6 is 10.7 Å². The zero-order valence-corrected chi connectivity index (χ0v) is 69.1. The Morgan fingerprint density at radius 3 is 0.881 bits per heavy atom. The third-order valence-electron chi connectivity index (χ3n) is 5.15. The Morgan fingerprint density at radius 1 is 0.475 bits per heavy atom. The van der Waals surface area contributed by atoms with E-state index in [1.807, 2.05) is 20.8 Å². The minimum absolute atomic E-state index is 0. The second-order valence-corrected chi connectivity index (χ2v) is 26.1. The van der Waals surface area contributed by atoms with Gasteiger partial charge in [0, 0.05) is 150 Å². The Bertz CT molecular complexity index is 2270. The number of rotatable bonds is 14. The van der Waals surface area contributed by atoms with Crippen LogP contribution in [0.1, 0.15) is 127 Å². The number of hydrogen-bond acceptors (Lipinski definition) is 26. The van der Waals surface area contributed by atoms with Gasteiger partial charge >= 0.3 is 95.8 Å². The summed E-state index contributed by atoms with van der Waals surface area (Å²) in [6.45, 7) is 41.5. The Balaban J connectivity index is -0.0000000332. The van der Waals surface area contributed by atoms with E-state index in [1.54, 1.807) is 104 Å². The van der Waals surface area contributed by atoms with Crippen LogP contribution in [0.25, 0.3) is 52.8 Å². The van der Waals surface area contributed by atoms with E-state index in [0.717, 1.165) is 25.7 Å². The molecule has 0 bridgehead atoms. The van der Waals surface area contributed by atoms with Crippen molar-refractivity contribution in [1.29, 1.82) is 0 Å². The standard InChI is InChI=1S/C10H18O5.C8H17NO5S.C7H14N4O2.C7H16N2O2.C7H15NO3.C2H5N3O.C2H7NO.C2H4O.C2H4.CH3ClO2S.8B.2N3.2Na.2H2/c1-9(2,3)14-7(11)13-8(12)15-10(4,5)6;1-8(2,3)14-7(10)9-5-6-13-15(4,11)12;1-7(2,3)13-6(12)9-4-5-10-11-8;1-7(2,3)11-6(10)9-5-4-8;1-7(2,3)11-6(10)8-4-5-9;3-5-4-1-2-6;3-1-2-4;1-2-3-1;1-2;1-5(2,3)4;;;;;;;;;2*1-3-2;;;;/h1-6H3;5-6H2,1-4H3,(H,9,10);4-5H2,1-3H3,(H,9,12);4-5,8H2,1-3H3,(H,9,10);9H,4-5H2,1-3H3,(H,8,10);6H,1-2H2;4H,1-3H2;1-2H2;1-2H2;1H3;;;;;;;;;;;;;2*1H/q;;;;;;;;;;;;;;;;;;2*-1;2*+1;;. The number of aliphatic hydroxyl groups is 3. The molecule has 0 aromatic carbocycles. The monoisotopic (exact) mass is 1520 g/mol. The number of nitrogens with two attached hydrogens (primary N) is 2. The summed E-state index contributed by atoms with van der Waals surface area (Å²) in [6.07, 6.45) is -2.25. The first-order chi connectivity index (χ1) is 41.1. The molecule has 1 aliphatic rings. The maximum Gasteiger partial charge on any atom is 1.00 e. The fraction of sp³-hybridized carbons (Fsp3) is 0.833. The van der Waals surface area contributed by atoms with Crippen molar-refractivity contribution in [1.82, 2.24) is 21.3 Å². The molecular weight excluding hydrogens is 1410 g/mol. The molecule has 0 aliphatic carbocycles. The van der Waals surface area contributed by atoms with Crippen LogP contribution in [-0.2, 0) is 61.2 Å². The molecule has 0 spiro atoms. The average Bonchev–Trinajstić information content (AvgIpc) is 1.02. The molecule has 0 unspecified atom stereocenters. The van der Waals surface area contributed by atoms with Crippen molar-refractivity contribution in [3.63, 3.8) is 0 Å². The van der Waals surface area contributed by atoms with Gasteiger partial charge in [0.05, 0.1) is 45.5 Å². The third kappa shape index (κ3) is 262. The molecule has 101 heavy (non-hydrogen) atoms. The van der Waals surface area contributed by atoms with Crippen molar-refractivity contribution in [3.8, 4) is 0 Å². The van der Waals surface area contributed by atoms with Gasteiger partial charge in [-0.15, -0.1) is 13.2 Å². The van der Waals surface area contributed by atoms with Crippen LogP contribution in [0.2, 0.25) is 0 Å². The molecule has 4 amide bonds. The summed E-state index contributed by atoms with van der Waals surface area (Å²) in [5.74, 6) is 0. The number of nitrogens with zero attached hydrogens (tertiary/aromatic N) is 12. The number of amides is 4. The quantitative estimate of drug-likeness (QED) is 0.00866. The first-order valence-electron chi connectivity index (χ1n) is 26.2. The molecule has 0 aromatic rings. The van der Waals surface area contributed by atoms with Gasteiger partial charge in [0.1, 0.15) is 33.6 Å². The van der Waals surface area contributed by atoms with E-state index in [2.05, 4.69) is 78.8 Å². The molecule has 53 heteroatoms. The second kappa shape index (κ2) is 95.2. The van der Waals surface area contributed by atoms with E-state index in [4.69, 9.17) is 88.4 Å². The number of epoxide rings is 1. The fourth-order valence-corrected chi connectivity index (χ4v) is 3.27. The SMILES string of the molecule is C1CO1.C=C.CC(C)(C)OC(=O)NCCN.CC(C)(C)OC(=O)NCCN=[N+]=[N-].CC(C)(C)OC(=O)NCCO.CC(C)(C)OC(=O)NCCOS(C)(=O)=O.CC(C)(C)OC(=O)OC(=O)OC(C)(C)C.CS(=O)(=O)Cl.NCCO.[B].[B].[B].[B].[B].[B].[B].[B].[HH].[HH].[N-]=[N+]=NCCO.[N-]=[N+]=[N-].[N-]=[N+]=[N-].[Na+].[Na+]. The number of nitrogens with one attached hydrogen (secondary N) is 4. The van der Waals surface area contributed by atoms with Gasteiger partial charge in [0.2, 0.25) is 9.05 Å². The maximum absolute atomic E-state index is 11.0. The molecule has 11 N–H and O–H groups in total. The van der Waals surface area contributed by atoms with Gasteiger partial charge in [-0.3, -0.25) is 14.0 Å². The van der Waals surface area contributed by atoms with Crippen LogP contribution in [0.15, 0.2) is 23.4 Å². The molecule has 24 radical (unpaired) electrons. The third-order valence-corrected chi connectivity index (χ3v) is 5.74. The van der Waals surface area contributed by atoms with Crippen LogP contribution in [0.4, 0.5) is 28.8 Å². The number of azide groups is 2.